The number of benzene rings is 1. The molecule has 0 heterocycles. The molecule has 0 amide bonds. The van der Waals surface area contributed by atoms with E-state index in [0.29, 0.717) is 16.3 Å². The van der Waals surface area contributed by atoms with Crippen LogP contribution in [0.15, 0.2) is 18.2 Å². The van der Waals surface area contributed by atoms with Crippen molar-refractivity contribution in [3.63, 3.8) is 0 Å². The van der Waals surface area contributed by atoms with Crippen molar-refractivity contribution in [3.05, 3.63) is 28.8 Å². The van der Waals surface area contributed by atoms with Gasteiger partial charge < -0.3 is 14.6 Å². The van der Waals surface area contributed by atoms with Crippen LogP contribution in [0.1, 0.15) is 25.5 Å². The predicted octanol–water partition coefficient (Wildman–Crippen LogP) is 3.05. The smallest absolute Gasteiger partial charge is 0.124 e. The lowest BCUT2D eigenvalue weighted by Gasteiger charge is -2.26. The second-order valence-electron chi connectivity index (χ2n) is 4.28. The first kappa shape index (κ1) is 14.3. The van der Waals surface area contributed by atoms with Gasteiger partial charge >= 0.3 is 0 Å². The maximum absolute atomic E-state index is 10.3. The summed E-state index contributed by atoms with van der Waals surface area (Å²) in [7, 11) is 3.15. The lowest BCUT2D eigenvalue weighted by atomic mass is 9.95. The fraction of sp³-hybridized carbons (Fsp3) is 0.538. The van der Waals surface area contributed by atoms with Crippen molar-refractivity contribution in [2.24, 2.45) is 5.92 Å². The third-order valence-corrected chi connectivity index (χ3v) is 2.99. The van der Waals surface area contributed by atoms with Crippen molar-refractivity contribution < 1.29 is 14.6 Å². The van der Waals surface area contributed by atoms with Crippen molar-refractivity contribution in [3.8, 4) is 5.75 Å². The van der Waals surface area contributed by atoms with Crippen LogP contribution in [0.4, 0.5) is 0 Å². The number of aliphatic hydroxyl groups excluding tert-OH is 1. The normalized spacial score (nSPS) is 14.8. The Labute approximate surface area is 107 Å². The predicted molar refractivity (Wildman–Crippen MR) is 68.6 cm³/mol. The van der Waals surface area contributed by atoms with Gasteiger partial charge in [0.1, 0.15) is 11.9 Å². The summed E-state index contributed by atoms with van der Waals surface area (Å²) in [6.07, 6.45) is -1.05. The topological polar surface area (TPSA) is 38.7 Å². The lowest BCUT2D eigenvalue weighted by Crippen LogP contribution is -2.26. The van der Waals surface area contributed by atoms with E-state index in [4.69, 9.17) is 21.1 Å². The highest BCUT2D eigenvalue weighted by molar-refractivity contribution is 6.30. The number of methoxy groups -OCH3 is 2. The molecule has 0 fully saturated rings. The van der Waals surface area contributed by atoms with Gasteiger partial charge in [-0.1, -0.05) is 25.4 Å². The highest BCUT2D eigenvalue weighted by atomic mass is 35.5. The molecule has 0 saturated carbocycles. The van der Waals surface area contributed by atoms with E-state index in [9.17, 15) is 5.11 Å². The lowest BCUT2D eigenvalue weighted by molar-refractivity contribution is -0.0398. The van der Waals surface area contributed by atoms with E-state index in [1.54, 1.807) is 32.4 Å². The molecule has 17 heavy (non-hydrogen) atoms. The van der Waals surface area contributed by atoms with Gasteiger partial charge in [0.2, 0.25) is 0 Å². The Bertz CT molecular complexity index is 366. The minimum atomic E-state index is -0.756. The first-order valence-electron chi connectivity index (χ1n) is 5.55. The highest BCUT2D eigenvalue weighted by Gasteiger charge is 2.26. The Balaban J connectivity index is 3.08. The maximum atomic E-state index is 10.3. The van der Waals surface area contributed by atoms with Gasteiger partial charge in [0.25, 0.3) is 0 Å². The monoisotopic (exact) mass is 258 g/mol. The molecule has 2 atom stereocenters. The van der Waals surface area contributed by atoms with Crippen LogP contribution < -0.4 is 4.74 Å². The number of hydrogen-bond donors (Lipinski definition) is 1. The molecule has 2 unspecified atom stereocenters. The summed E-state index contributed by atoms with van der Waals surface area (Å²) >= 11 is 5.94. The quantitative estimate of drug-likeness (QED) is 0.882. The molecular weight excluding hydrogens is 240 g/mol. The summed E-state index contributed by atoms with van der Waals surface area (Å²) in [5, 5.41) is 10.9. The molecular formula is C13H19ClO3. The van der Waals surface area contributed by atoms with Crippen molar-refractivity contribution in [1.82, 2.24) is 0 Å². The van der Waals surface area contributed by atoms with Gasteiger partial charge in [0.15, 0.2) is 0 Å². The van der Waals surface area contributed by atoms with Crippen LogP contribution in [0, 0.1) is 5.92 Å². The number of rotatable bonds is 5. The van der Waals surface area contributed by atoms with Crippen LogP contribution >= 0.6 is 11.6 Å². The SMILES string of the molecule is COc1ccc(Cl)cc1C(O)C(OC)C(C)C. The van der Waals surface area contributed by atoms with E-state index < -0.39 is 6.10 Å². The van der Waals surface area contributed by atoms with Crippen molar-refractivity contribution >= 4 is 11.6 Å². The van der Waals surface area contributed by atoms with Gasteiger partial charge in [0, 0.05) is 17.7 Å². The van der Waals surface area contributed by atoms with Crippen molar-refractivity contribution in [2.45, 2.75) is 26.1 Å². The van der Waals surface area contributed by atoms with Crippen molar-refractivity contribution in [2.75, 3.05) is 14.2 Å². The third-order valence-electron chi connectivity index (χ3n) is 2.75. The Morgan fingerprint density at radius 2 is 1.88 bits per heavy atom. The molecule has 1 aromatic rings. The van der Waals surface area contributed by atoms with E-state index in [1.807, 2.05) is 13.8 Å². The fourth-order valence-electron chi connectivity index (χ4n) is 1.88. The molecule has 0 bridgehead atoms. The summed E-state index contributed by atoms with van der Waals surface area (Å²) in [4.78, 5) is 0. The molecule has 0 aliphatic rings. The van der Waals surface area contributed by atoms with E-state index in [2.05, 4.69) is 0 Å². The molecule has 0 aliphatic carbocycles. The number of hydrogen-bond acceptors (Lipinski definition) is 3. The molecule has 4 heteroatoms. The number of ether oxygens (including phenoxy) is 2. The van der Waals surface area contributed by atoms with Crippen LogP contribution in [0.25, 0.3) is 0 Å². The van der Waals surface area contributed by atoms with Gasteiger partial charge in [-0.3, -0.25) is 0 Å². The third kappa shape index (κ3) is 3.35. The van der Waals surface area contributed by atoms with Gasteiger partial charge in [-0.05, 0) is 24.1 Å². The molecule has 3 nitrogen and oxygen atoms in total. The van der Waals surface area contributed by atoms with Crippen LogP contribution in [-0.2, 0) is 4.74 Å². The fourth-order valence-corrected chi connectivity index (χ4v) is 2.06. The first-order valence-corrected chi connectivity index (χ1v) is 5.93. The zero-order chi connectivity index (χ0) is 13.0. The van der Waals surface area contributed by atoms with Gasteiger partial charge in [-0.25, -0.2) is 0 Å². The van der Waals surface area contributed by atoms with E-state index in [0.717, 1.165) is 0 Å². The molecule has 0 saturated heterocycles. The molecule has 1 aromatic carbocycles. The summed E-state index contributed by atoms with van der Waals surface area (Å²) in [6.45, 7) is 3.99. The summed E-state index contributed by atoms with van der Waals surface area (Å²) in [6, 6.07) is 5.18. The van der Waals surface area contributed by atoms with Gasteiger partial charge in [-0.2, -0.15) is 0 Å². The van der Waals surface area contributed by atoms with Crippen LogP contribution in [0.5, 0.6) is 5.75 Å². The summed E-state index contributed by atoms with van der Waals surface area (Å²) in [5.41, 5.74) is 0.653. The Morgan fingerprint density at radius 1 is 1.24 bits per heavy atom. The zero-order valence-electron chi connectivity index (χ0n) is 10.6. The summed E-state index contributed by atoms with van der Waals surface area (Å²) < 4.78 is 10.5. The Morgan fingerprint density at radius 3 is 2.35 bits per heavy atom. The second-order valence-corrected chi connectivity index (χ2v) is 4.71. The highest BCUT2D eigenvalue weighted by Crippen LogP contribution is 2.33. The van der Waals surface area contributed by atoms with E-state index in [1.165, 1.54) is 0 Å². The Kier molecular flexibility index (Phi) is 5.25. The largest absolute Gasteiger partial charge is 0.496 e. The number of halogens is 1. The average Bonchev–Trinajstić information content (AvgIpc) is 2.29. The molecule has 0 spiro atoms. The maximum Gasteiger partial charge on any atom is 0.124 e. The van der Waals surface area contributed by atoms with E-state index >= 15 is 0 Å². The van der Waals surface area contributed by atoms with Crippen LogP contribution in [-0.4, -0.2) is 25.4 Å². The molecule has 96 valence electrons. The first-order chi connectivity index (χ1) is 8.01. The summed E-state index contributed by atoms with van der Waals surface area (Å²) in [5.74, 6) is 0.809. The van der Waals surface area contributed by atoms with Gasteiger partial charge in [-0.15, -0.1) is 0 Å². The molecule has 0 aromatic heterocycles. The molecule has 1 rings (SSSR count). The molecule has 0 radical (unpaired) electrons. The number of aliphatic hydroxyl groups is 1. The zero-order valence-corrected chi connectivity index (χ0v) is 11.4. The van der Waals surface area contributed by atoms with E-state index in [-0.39, 0.29) is 12.0 Å². The average molecular weight is 259 g/mol. The van der Waals surface area contributed by atoms with Crippen LogP contribution in [0.2, 0.25) is 5.02 Å². The minimum absolute atomic E-state index is 0.193. The Hall–Kier alpha value is -0.770. The molecule has 0 aliphatic heterocycles. The standard InChI is InChI=1S/C13H19ClO3/c1-8(2)13(17-4)12(15)10-7-9(14)5-6-11(10)16-3/h5-8,12-13,15H,1-4H3. The molecule has 1 N–H and O–H groups in total. The second kappa shape index (κ2) is 6.24. The van der Waals surface area contributed by atoms with Crippen LogP contribution in [0.3, 0.4) is 0 Å². The minimum Gasteiger partial charge on any atom is -0.496 e. The van der Waals surface area contributed by atoms with Gasteiger partial charge in [0.05, 0.1) is 13.2 Å². The van der Waals surface area contributed by atoms with Crippen molar-refractivity contribution in [1.29, 1.82) is 0 Å².